The fourth-order valence-corrected chi connectivity index (χ4v) is 3.40. The van der Waals surface area contributed by atoms with Crippen LogP contribution in [0.15, 0.2) is 0 Å². The minimum Gasteiger partial charge on any atom is -0.351 e. The Hall–Kier alpha value is -1.95. The number of nitrogens with two attached hydrogens (primary N) is 2. The number of hydrogen-bond acceptors (Lipinski definition) is 8. The summed E-state index contributed by atoms with van der Waals surface area (Å²) in [5.41, 5.74) is 11.2. The maximum Gasteiger partial charge on any atom is 0.252 e. The molecule has 0 atom stereocenters. The zero-order chi connectivity index (χ0) is 21.1. The molecule has 0 aliphatic heterocycles. The smallest absolute Gasteiger partial charge is 0.252 e. The van der Waals surface area contributed by atoms with Gasteiger partial charge in [0, 0.05) is 50.9 Å². The Balaban J connectivity index is 1.76. The van der Waals surface area contributed by atoms with Crippen LogP contribution >= 0.6 is 0 Å². The molecule has 12 heteroatoms. The van der Waals surface area contributed by atoms with Gasteiger partial charge >= 0.3 is 0 Å². The lowest BCUT2D eigenvalue weighted by atomic mass is 9.88. The van der Waals surface area contributed by atoms with E-state index in [1.165, 1.54) is 0 Å². The van der Waals surface area contributed by atoms with Crippen LogP contribution in [0.4, 0.5) is 35.4 Å². The Kier molecular flexibility index (Phi) is 6.62. The van der Waals surface area contributed by atoms with Gasteiger partial charge in [0.05, 0.1) is 0 Å². The summed E-state index contributed by atoms with van der Waals surface area (Å²) in [6.45, 7) is 2.13. The second-order valence-corrected chi connectivity index (χ2v) is 7.77. The molecular formula is C17H28F4N8. The van der Waals surface area contributed by atoms with E-state index in [2.05, 4.69) is 25.6 Å². The molecule has 0 spiro atoms. The highest BCUT2D eigenvalue weighted by Gasteiger charge is 2.46. The fourth-order valence-electron chi connectivity index (χ4n) is 3.40. The highest BCUT2D eigenvalue weighted by atomic mass is 19.3. The molecule has 2 aliphatic rings. The topological polar surface area (TPSA) is 118 Å². The molecule has 8 nitrogen and oxygen atoms in total. The predicted molar refractivity (Wildman–Crippen MR) is 103 cm³/mol. The van der Waals surface area contributed by atoms with Gasteiger partial charge in [-0.25, -0.2) is 17.6 Å². The van der Waals surface area contributed by atoms with Crippen LogP contribution in [0.2, 0.25) is 0 Å². The van der Waals surface area contributed by atoms with Crippen molar-refractivity contribution in [3.8, 4) is 0 Å². The molecule has 0 amide bonds. The molecule has 164 valence electrons. The third-order valence-corrected chi connectivity index (χ3v) is 5.02. The van der Waals surface area contributed by atoms with Gasteiger partial charge in [0.15, 0.2) is 0 Å². The number of alkyl halides is 4. The van der Waals surface area contributed by atoms with Crippen molar-refractivity contribution in [1.82, 2.24) is 15.0 Å². The third kappa shape index (κ3) is 6.01. The number of hydrogen-bond donors (Lipinski definition) is 4. The van der Waals surface area contributed by atoms with Crippen LogP contribution in [0.5, 0.6) is 0 Å². The summed E-state index contributed by atoms with van der Waals surface area (Å²) in [5.74, 6) is -4.73. The van der Waals surface area contributed by atoms with Crippen molar-refractivity contribution >= 4 is 17.8 Å². The molecule has 2 aliphatic carbocycles. The molecule has 29 heavy (non-hydrogen) atoms. The van der Waals surface area contributed by atoms with Crippen LogP contribution in [0.1, 0.15) is 38.5 Å². The van der Waals surface area contributed by atoms with Crippen LogP contribution in [0, 0.1) is 0 Å². The van der Waals surface area contributed by atoms with E-state index in [-0.39, 0.29) is 37.6 Å². The maximum atomic E-state index is 13.1. The van der Waals surface area contributed by atoms with Gasteiger partial charge < -0.3 is 27.0 Å². The molecule has 0 saturated heterocycles. The molecule has 1 heterocycles. The first-order chi connectivity index (χ1) is 13.7. The standard InChI is InChI=1S/C17H28F4N8/c18-16(19)7-11(8-16)24-13-26-14(25-12-9-17(20,21)10-12)28-15(27-13)29(5-1-3-22)6-2-4-23/h11-12H,1-10,22-23H2,(H2,24,25,26,27,28). The van der Waals surface area contributed by atoms with E-state index >= 15 is 0 Å². The minimum absolute atomic E-state index is 0.148. The summed E-state index contributed by atoms with van der Waals surface area (Å²) in [7, 11) is 0. The lowest BCUT2D eigenvalue weighted by molar-refractivity contribution is -0.0799. The van der Waals surface area contributed by atoms with Gasteiger partial charge in [-0.05, 0) is 25.9 Å². The second-order valence-electron chi connectivity index (χ2n) is 7.77. The highest BCUT2D eigenvalue weighted by molar-refractivity contribution is 5.45. The maximum absolute atomic E-state index is 13.1. The summed E-state index contributed by atoms with van der Waals surface area (Å²) in [6, 6.07) is -0.884. The van der Waals surface area contributed by atoms with Crippen molar-refractivity contribution in [2.24, 2.45) is 11.5 Å². The molecule has 0 unspecified atom stereocenters. The molecule has 1 aromatic rings. The van der Waals surface area contributed by atoms with Gasteiger partial charge in [0.2, 0.25) is 17.8 Å². The van der Waals surface area contributed by atoms with Crippen LogP contribution in [0.3, 0.4) is 0 Å². The monoisotopic (exact) mass is 420 g/mol. The van der Waals surface area contributed by atoms with Crippen molar-refractivity contribution in [3.05, 3.63) is 0 Å². The zero-order valence-corrected chi connectivity index (χ0v) is 16.2. The van der Waals surface area contributed by atoms with Crippen LogP contribution in [0.25, 0.3) is 0 Å². The number of nitrogens with zero attached hydrogens (tertiary/aromatic N) is 4. The average Bonchev–Trinajstić information content (AvgIpc) is 2.58. The number of anilines is 3. The highest BCUT2D eigenvalue weighted by Crippen LogP contribution is 2.40. The van der Waals surface area contributed by atoms with E-state index in [0.29, 0.717) is 45.0 Å². The Morgan fingerprint density at radius 2 is 1.21 bits per heavy atom. The van der Waals surface area contributed by atoms with E-state index in [1.807, 2.05) is 4.90 Å². The van der Waals surface area contributed by atoms with Gasteiger partial charge in [-0.3, -0.25) is 0 Å². The van der Waals surface area contributed by atoms with E-state index in [0.717, 1.165) is 0 Å². The molecule has 6 N–H and O–H groups in total. The Bertz CT molecular complexity index is 621. The van der Waals surface area contributed by atoms with Gasteiger partial charge in [-0.2, -0.15) is 15.0 Å². The number of rotatable bonds is 11. The lowest BCUT2D eigenvalue weighted by Gasteiger charge is -2.36. The van der Waals surface area contributed by atoms with Crippen molar-refractivity contribution < 1.29 is 17.6 Å². The second kappa shape index (κ2) is 8.82. The molecule has 2 fully saturated rings. The first-order valence-corrected chi connectivity index (χ1v) is 9.89. The van der Waals surface area contributed by atoms with Crippen molar-refractivity contribution in [2.75, 3.05) is 41.7 Å². The Labute approximate surface area is 166 Å². The van der Waals surface area contributed by atoms with E-state index in [4.69, 9.17) is 11.5 Å². The Morgan fingerprint density at radius 3 is 1.55 bits per heavy atom. The first-order valence-electron chi connectivity index (χ1n) is 9.89. The molecule has 1 aromatic heterocycles. The summed E-state index contributed by atoms with van der Waals surface area (Å²) in [4.78, 5) is 14.8. The Morgan fingerprint density at radius 1 is 0.793 bits per heavy atom. The summed E-state index contributed by atoms with van der Waals surface area (Å²) < 4.78 is 52.6. The number of halogens is 4. The number of aromatic nitrogens is 3. The lowest BCUT2D eigenvalue weighted by Crippen LogP contribution is -2.45. The summed E-state index contributed by atoms with van der Waals surface area (Å²) >= 11 is 0. The van der Waals surface area contributed by atoms with E-state index < -0.39 is 23.9 Å². The zero-order valence-electron chi connectivity index (χ0n) is 16.2. The van der Waals surface area contributed by atoms with Crippen molar-refractivity contribution in [3.63, 3.8) is 0 Å². The van der Waals surface area contributed by atoms with E-state index in [9.17, 15) is 17.6 Å². The van der Waals surface area contributed by atoms with E-state index in [1.54, 1.807) is 0 Å². The molecular weight excluding hydrogens is 392 g/mol. The largest absolute Gasteiger partial charge is 0.351 e. The third-order valence-electron chi connectivity index (χ3n) is 5.02. The van der Waals surface area contributed by atoms with Gasteiger partial charge in [0.25, 0.3) is 11.8 Å². The first kappa shape index (κ1) is 21.8. The quantitative estimate of drug-likeness (QED) is 0.400. The van der Waals surface area contributed by atoms with Crippen molar-refractivity contribution in [1.29, 1.82) is 0 Å². The molecule has 0 radical (unpaired) electrons. The van der Waals surface area contributed by atoms with Crippen LogP contribution in [-0.2, 0) is 0 Å². The van der Waals surface area contributed by atoms with Gasteiger partial charge in [0.1, 0.15) is 0 Å². The fraction of sp³-hybridized carbons (Fsp3) is 0.824. The summed E-state index contributed by atoms with van der Waals surface area (Å²) in [6.07, 6.45) is 0.216. The van der Waals surface area contributed by atoms with Crippen molar-refractivity contribution in [2.45, 2.75) is 62.5 Å². The molecule has 0 aromatic carbocycles. The van der Waals surface area contributed by atoms with Crippen LogP contribution < -0.4 is 27.0 Å². The minimum atomic E-state index is -2.68. The summed E-state index contributed by atoms with van der Waals surface area (Å²) in [5, 5.41) is 5.80. The molecule has 2 saturated carbocycles. The number of nitrogens with one attached hydrogen (secondary N) is 2. The van der Waals surface area contributed by atoms with Crippen LogP contribution in [-0.4, -0.2) is 65.1 Å². The average molecular weight is 420 g/mol. The van der Waals surface area contributed by atoms with Gasteiger partial charge in [-0.15, -0.1) is 0 Å². The predicted octanol–water partition coefficient (Wildman–Crippen LogP) is 1.79. The normalized spacial score (nSPS) is 20.6. The molecule has 3 rings (SSSR count). The SMILES string of the molecule is NCCCN(CCCN)c1nc(NC2CC(F)(F)C2)nc(NC2CC(F)(F)C2)n1. The van der Waals surface area contributed by atoms with Gasteiger partial charge in [-0.1, -0.05) is 0 Å². The molecule has 0 bridgehead atoms.